The van der Waals surface area contributed by atoms with E-state index in [0.29, 0.717) is 12.0 Å². The lowest BCUT2D eigenvalue weighted by atomic mass is 9.77. The molecule has 0 bridgehead atoms. The van der Waals surface area contributed by atoms with Crippen LogP contribution in [0.2, 0.25) is 5.02 Å². The smallest absolute Gasteiger partial charge is 0.0761 e. The van der Waals surface area contributed by atoms with Crippen molar-refractivity contribution in [2.75, 3.05) is 7.05 Å². The fourth-order valence-electron chi connectivity index (χ4n) is 3.15. The minimum absolute atomic E-state index is 0.302. The van der Waals surface area contributed by atoms with Crippen LogP contribution in [0.3, 0.4) is 0 Å². The Morgan fingerprint density at radius 3 is 2.67 bits per heavy atom. The zero-order valence-corrected chi connectivity index (χ0v) is 12.1. The number of halogens is 1. The van der Waals surface area contributed by atoms with Gasteiger partial charge in [0.15, 0.2) is 0 Å². The molecule has 2 rings (SSSR count). The zero-order valence-electron chi connectivity index (χ0n) is 11.3. The molecule has 100 valence electrons. The molecule has 2 nitrogen and oxygen atoms in total. The minimum Gasteiger partial charge on any atom is -0.311 e. The van der Waals surface area contributed by atoms with Crippen LogP contribution in [-0.2, 0) is 0 Å². The highest BCUT2D eigenvalue weighted by Gasteiger charge is 2.28. The number of nitrogens with zero attached hydrogens (tertiary/aromatic N) is 1. The van der Waals surface area contributed by atoms with E-state index in [1.807, 2.05) is 25.4 Å². The Labute approximate surface area is 115 Å². The van der Waals surface area contributed by atoms with Crippen LogP contribution in [-0.4, -0.2) is 12.0 Å². The lowest BCUT2D eigenvalue weighted by Crippen LogP contribution is -2.29. The Morgan fingerprint density at radius 1 is 1.39 bits per heavy atom. The maximum Gasteiger partial charge on any atom is 0.0761 e. The van der Waals surface area contributed by atoms with Gasteiger partial charge in [0.1, 0.15) is 0 Å². The first kappa shape index (κ1) is 13.8. The fourth-order valence-corrected chi connectivity index (χ4v) is 3.39. The van der Waals surface area contributed by atoms with Crippen molar-refractivity contribution in [1.29, 1.82) is 0 Å². The van der Waals surface area contributed by atoms with Crippen LogP contribution in [0.15, 0.2) is 18.3 Å². The molecule has 1 fully saturated rings. The Kier molecular flexibility index (Phi) is 5.02. The van der Waals surface area contributed by atoms with E-state index in [2.05, 4.69) is 17.2 Å². The molecule has 1 aliphatic carbocycles. The lowest BCUT2D eigenvalue weighted by molar-refractivity contribution is 0.222. The first-order chi connectivity index (χ1) is 8.76. The molecule has 1 heterocycles. The number of hydrogen-bond donors (Lipinski definition) is 1. The third-order valence-electron chi connectivity index (χ3n) is 4.33. The molecule has 0 aromatic carbocycles. The quantitative estimate of drug-likeness (QED) is 0.883. The van der Waals surface area contributed by atoms with Crippen molar-refractivity contribution in [3.8, 4) is 0 Å². The summed E-state index contributed by atoms with van der Waals surface area (Å²) in [5.74, 6) is 1.60. The van der Waals surface area contributed by atoms with Crippen molar-refractivity contribution in [1.82, 2.24) is 10.3 Å². The van der Waals surface area contributed by atoms with Gasteiger partial charge in [-0.3, -0.25) is 4.98 Å². The molecular formula is C15H23ClN2. The molecule has 1 aromatic rings. The van der Waals surface area contributed by atoms with Gasteiger partial charge in [0.25, 0.3) is 0 Å². The third kappa shape index (κ3) is 3.04. The molecule has 0 saturated heterocycles. The molecule has 0 aliphatic heterocycles. The first-order valence-corrected chi connectivity index (χ1v) is 7.41. The van der Waals surface area contributed by atoms with Crippen molar-refractivity contribution >= 4 is 11.6 Å². The zero-order chi connectivity index (χ0) is 13.0. The van der Waals surface area contributed by atoms with Crippen LogP contribution in [0.1, 0.15) is 50.8 Å². The van der Waals surface area contributed by atoms with Gasteiger partial charge in [-0.25, -0.2) is 0 Å². The monoisotopic (exact) mass is 266 g/mol. The summed E-state index contributed by atoms with van der Waals surface area (Å²) in [6, 6.07) is 4.13. The van der Waals surface area contributed by atoms with Crippen molar-refractivity contribution in [3.63, 3.8) is 0 Å². The highest BCUT2D eigenvalue weighted by Crippen LogP contribution is 2.38. The molecule has 1 N–H and O–H groups in total. The minimum atomic E-state index is 0.302. The second kappa shape index (κ2) is 6.53. The van der Waals surface area contributed by atoms with E-state index >= 15 is 0 Å². The molecule has 1 saturated carbocycles. The average molecular weight is 267 g/mol. The van der Waals surface area contributed by atoms with Gasteiger partial charge < -0.3 is 5.32 Å². The summed E-state index contributed by atoms with van der Waals surface area (Å²) in [6.45, 7) is 2.30. The predicted molar refractivity (Wildman–Crippen MR) is 76.8 cm³/mol. The van der Waals surface area contributed by atoms with Crippen LogP contribution in [0.5, 0.6) is 0 Å². The number of hydrogen-bond acceptors (Lipinski definition) is 2. The molecule has 1 unspecified atom stereocenters. The molecular weight excluding hydrogens is 244 g/mol. The first-order valence-electron chi connectivity index (χ1n) is 7.04. The summed E-state index contributed by atoms with van der Waals surface area (Å²) >= 11 is 6.27. The Bertz CT molecular complexity index is 373. The van der Waals surface area contributed by atoms with Gasteiger partial charge in [-0.05, 0) is 43.9 Å². The summed E-state index contributed by atoms with van der Waals surface area (Å²) in [5, 5.41) is 4.20. The molecule has 1 atom stereocenters. The summed E-state index contributed by atoms with van der Waals surface area (Å²) < 4.78 is 0. The Hall–Kier alpha value is -0.600. The molecule has 0 spiro atoms. The highest BCUT2D eigenvalue weighted by molar-refractivity contribution is 6.31. The molecule has 0 radical (unpaired) electrons. The normalized spacial score (nSPS) is 25.9. The van der Waals surface area contributed by atoms with E-state index in [-0.39, 0.29) is 0 Å². The Morgan fingerprint density at radius 2 is 2.11 bits per heavy atom. The average Bonchev–Trinajstić information content (AvgIpc) is 2.42. The maximum absolute atomic E-state index is 6.27. The summed E-state index contributed by atoms with van der Waals surface area (Å²) in [5.41, 5.74) is 1.02. The Balaban J connectivity index is 2.08. The van der Waals surface area contributed by atoms with Crippen molar-refractivity contribution in [2.45, 2.75) is 45.1 Å². The van der Waals surface area contributed by atoms with Crippen LogP contribution in [0.25, 0.3) is 0 Å². The van der Waals surface area contributed by atoms with Crippen molar-refractivity contribution in [2.24, 2.45) is 11.8 Å². The predicted octanol–water partition coefficient (Wildman–Crippen LogP) is 4.21. The summed E-state index contributed by atoms with van der Waals surface area (Å²) in [4.78, 5) is 4.47. The second-order valence-corrected chi connectivity index (χ2v) is 5.73. The van der Waals surface area contributed by atoms with Crippen molar-refractivity contribution < 1.29 is 0 Å². The standard InChI is InChI=1S/C15H23ClN2/c1-3-11-6-8-12(9-7-11)14(17-2)15-13(16)5-4-10-18-15/h4-5,10-12,14,17H,3,6-9H2,1-2H3. The van der Waals surface area contributed by atoms with E-state index in [1.54, 1.807) is 0 Å². The molecule has 3 heteroatoms. The summed E-state index contributed by atoms with van der Waals surface area (Å²) in [7, 11) is 2.02. The van der Waals surface area contributed by atoms with Crippen LogP contribution in [0.4, 0.5) is 0 Å². The van der Waals surface area contributed by atoms with Crippen molar-refractivity contribution in [3.05, 3.63) is 29.0 Å². The van der Waals surface area contributed by atoms with Gasteiger partial charge in [-0.2, -0.15) is 0 Å². The summed E-state index contributed by atoms with van der Waals surface area (Å²) in [6.07, 6.45) is 8.44. The van der Waals surface area contributed by atoms with Gasteiger partial charge in [0.2, 0.25) is 0 Å². The highest BCUT2D eigenvalue weighted by atomic mass is 35.5. The van der Waals surface area contributed by atoms with Crippen LogP contribution < -0.4 is 5.32 Å². The van der Waals surface area contributed by atoms with E-state index in [9.17, 15) is 0 Å². The molecule has 0 amide bonds. The van der Waals surface area contributed by atoms with Gasteiger partial charge in [-0.15, -0.1) is 0 Å². The number of rotatable bonds is 4. The topological polar surface area (TPSA) is 24.9 Å². The molecule has 1 aliphatic rings. The number of nitrogens with one attached hydrogen (secondary N) is 1. The van der Waals surface area contributed by atoms with Gasteiger partial charge in [0.05, 0.1) is 16.8 Å². The molecule has 18 heavy (non-hydrogen) atoms. The maximum atomic E-state index is 6.27. The fraction of sp³-hybridized carbons (Fsp3) is 0.667. The van der Waals surface area contributed by atoms with Gasteiger partial charge >= 0.3 is 0 Å². The largest absolute Gasteiger partial charge is 0.311 e. The third-order valence-corrected chi connectivity index (χ3v) is 4.65. The van der Waals surface area contributed by atoms with Crippen LogP contribution in [0, 0.1) is 11.8 Å². The van der Waals surface area contributed by atoms with E-state index in [1.165, 1.54) is 32.1 Å². The number of aromatic nitrogens is 1. The van der Waals surface area contributed by atoms with Gasteiger partial charge in [0, 0.05) is 6.20 Å². The molecule has 1 aromatic heterocycles. The second-order valence-electron chi connectivity index (χ2n) is 5.33. The van der Waals surface area contributed by atoms with E-state index in [4.69, 9.17) is 11.6 Å². The SMILES string of the molecule is CCC1CCC(C(NC)c2ncccc2Cl)CC1. The number of pyridine rings is 1. The van der Waals surface area contributed by atoms with E-state index < -0.39 is 0 Å². The van der Waals surface area contributed by atoms with Gasteiger partial charge in [-0.1, -0.05) is 37.8 Å². The van der Waals surface area contributed by atoms with Crippen LogP contribution >= 0.6 is 11.6 Å². The lowest BCUT2D eigenvalue weighted by Gasteiger charge is -2.33. The van der Waals surface area contributed by atoms with E-state index in [0.717, 1.165) is 16.6 Å².